The minimum absolute atomic E-state index is 0.141. The van der Waals surface area contributed by atoms with E-state index in [1.54, 1.807) is 24.3 Å². The topological polar surface area (TPSA) is 121 Å². The van der Waals surface area contributed by atoms with Crippen molar-refractivity contribution in [2.75, 3.05) is 28.2 Å². The van der Waals surface area contributed by atoms with E-state index in [1.807, 2.05) is 40.3 Å². The van der Waals surface area contributed by atoms with Crippen LogP contribution in [0.5, 0.6) is 0 Å². The molecule has 0 aliphatic heterocycles. The Balaban J connectivity index is 1.68. The van der Waals surface area contributed by atoms with Crippen molar-refractivity contribution in [1.82, 2.24) is 0 Å². The lowest BCUT2D eigenvalue weighted by molar-refractivity contribution is -0.917. The molecule has 0 saturated carbocycles. The highest BCUT2D eigenvalue weighted by molar-refractivity contribution is 6.72. The summed E-state index contributed by atoms with van der Waals surface area (Å²) in [5.74, 6) is 0. The van der Waals surface area contributed by atoms with Crippen LogP contribution < -0.4 is 10.9 Å². The third kappa shape index (κ3) is 7.73. The first-order valence-electron chi connectivity index (χ1n) is 12.1. The van der Waals surface area contributed by atoms with Crippen LogP contribution in [0, 0.1) is 0 Å². The summed E-state index contributed by atoms with van der Waals surface area (Å²) in [6, 6.07) is 22.0. The van der Waals surface area contributed by atoms with Crippen molar-refractivity contribution >= 4 is 24.4 Å². The molecule has 0 bridgehead atoms. The molecule has 0 saturated heterocycles. The summed E-state index contributed by atoms with van der Waals surface area (Å²) in [6.45, 7) is -4.69. The molecule has 0 fully saturated rings. The minimum Gasteiger partial charge on any atom is -0.556 e. The van der Waals surface area contributed by atoms with Crippen LogP contribution in [0.25, 0.3) is 0 Å². The first-order valence-corrected chi connectivity index (χ1v) is 12.1. The second-order valence-corrected chi connectivity index (χ2v) is 11.2. The van der Waals surface area contributed by atoms with Crippen molar-refractivity contribution in [1.29, 1.82) is 0 Å². The number of rotatable bonds is 10. The zero-order chi connectivity index (χ0) is 26.8. The van der Waals surface area contributed by atoms with Gasteiger partial charge in [0, 0.05) is 11.1 Å². The smallest absolute Gasteiger partial charge is 0.403 e. The summed E-state index contributed by atoms with van der Waals surface area (Å²) in [6.07, 6.45) is 0. The van der Waals surface area contributed by atoms with Gasteiger partial charge in [0.1, 0.15) is 26.2 Å². The first-order chi connectivity index (χ1) is 16.6. The fraction of sp³-hybridized carbons (Fsp3) is 0.308. The average molecular weight is 496 g/mol. The summed E-state index contributed by atoms with van der Waals surface area (Å²) in [4.78, 5) is 0. The van der Waals surface area contributed by atoms with Gasteiger partial charge >= 0.3 is 13.5 Å². The summed E-state index contributed by atoms with van der Waals surface area (Å²) in [7, 11) is 8.20. The van der Waals surface area contributed by atoms with Crippen molar-refractivity contribution < 1.29 is 39.1 Å². The zero-order valence-electron chi connectivity index (χ0n) is 21.5. The molecule has 3 rings (SSSR count). The predicted molar refractivity (Wildman–Crippen MR) is 142 cm³/mol. The Kier molecular flexibility index (Phi) is 8.14. The van der Waals surface area contributed by atoms with Gasteiger partial charge in [0.25, 0.3) is 0 Å². The highest BCUT2D eigenvalue weighted by Crippen LogP contribution is 2.19. The molecule has 6 N–H and O–H groups in total. The fourth-order valence-corrected chi connectivity index (χ4v) is 4.88. The fourth-order valence-electron chi connectivity index (χ4n) is 4.88. The average Bonchev–Trinajstić information content (AvgIpc) is 2.73. The van der Waals surface area contributed by atoms with E-state index in [1.165, 1.54) is 12.1 Å². The van der Waals surface area contributed by atoms with Gasteiger partial charge in [-0.3, -0.25) is 0 Å². The van der Waals surface area contributed by atoms with E-state index in [9.17, 15) is 30.1 Å². The molecule has 0 aliphatic carbocycles. The van der Waals surface area contributed by atoms with Crippen LogP contribution in [-0.4, -0.2) is 80.8 Å². The molecule has 0 aliphatic rings. The molecule has 36 heavy (non-hydrogen) atoms. The molecule has 194 valence electrons. The lowest BCUT2D eigenvalue weighted by Crippen LogP contribution is -2.52. The lowest BCUT2D eigenvalue weighted by Gasteiger charge is -2.34. The van der Waals surface area contributed by atoms with E-state index in [0.717, 1.165) is 11.1 Å². The standard InChI is InChI=1S/C26H38B2N2O6/c1-29(2,19-23-9-5-7-11-25(23)27(31,32)33)17-21-13-15-22(16-14-21)18-30(3,4)20-24-10-6-8-12-26(24)28(34,35)36/h5-16,31-36H,17-20H2,1-4H3. The number of nitrogens with zero attached hydrogens (tertiary/aromatic N) is 2. The maximum Gasteiger partial charge on any atom is 0.403 e. The predicted octanol–water partition coefficient (Wildman–Crippen LogP) is -0.515. The molecule has 0 heterocycles. The minimum atomic E-state index is -3.56. The van der Waals surface area contributed by atoms with Gasteiger partial charge in [-0.05, 0) is 11.1 Å². The van der Waals surface area contributed by atoms with E-state index in [-0.39, 0.29) is 10.9 Å². The van der Waals surface area contributed by atoms with Crippen molar-refractivity contribution in [2.24, 2.45) is 0 Å². The molecule has 10 heteroatoms. The Morgan fingerprint density at radius 1 is 0.472 bits per heavy atom. The van der Waals surface area contributed by atoms with Gasteiger partial charge in [0.15, 0.2) is 0 Å². The summed E-state index contributed by atoms with van der Waals surface area (Å²) in [5, 5.41) is 58.5. The van der Waals surface area contributed by atoms with Gasteiger partial charge in [-0.15, -0.1) is 10.9 Å². The monoisotopic (exact) mass is 496 g/mol. The SMILES string of the molecule is C[N+](C)(Cc1ccc(C[N+](C)(C)Cc2ccccc2[B-](O)(O)O)cc1)Cc1ccccc1[B-](O)(O)O. The van der Waals surface area contributed by atoms with Crippen LogP contribution in [0.4, 0.5) is 0 Å². The van der Waals surface area contributed by atoms with Crippen LogP contribution in [-0.2, 0) is 26.2 Å². The highest BCUT2D eigenvalue weighted by Gasteiger charge is 2.27. The van der Waals surface area contributed by atoms with Crippen LogP contribution in [0.15, 0.2) is 72.8 Å². The summed E-state index contributed by atoms with van der Waals surface area (Å²) in [5.41, 5.74) is 3.90. The Morgan fingerprint density at radius 2 is 0.778 bits per heavy atom. The van der Waals surface area contributed by atoms with Crippen molar-refractivity contribution in [2.45, 2.75) is 26.2 Å². The summed E-state index contributed by atoms with van der Waals surface area (Å²) < 4.78 is 1.10. The quantitative estimate of drug-likeness (QED) is 0.166. The number of benzene rings is 3. The second-order valence-electron chi connectivity index (χ2n) is 11.2. The Hall–Kier alpha value is -2.53. The molecular formula is C26H38B2N2O6. The largest absolute Gasteiger partial charge is 0.556 e. The second kappa shape index (κ2) is 10.5. The molecule has 0 amide bonds. The molecule has 0 aromatic heterocycles. The van der Waals surface area contributed by atoms with Crippen molar-refractivity contribution in [3.05, 3.63) is 95.1 Å². The van der Waals surface area contributed by atoms with Crippen LogP contribution in [0.2, 0.25) is 0 Å². The number of quaternary nitrogens is 2. The zero-order valence-corrected chi connectivity index (χ0v) is 21.5. The van der Waals surface area contributed by atoms with Crippen LogP contribution in [0.1, 0.15) is 22.3 Å². The number of hydrogen-bond donors (Lipinski definition) is 6. The third-order valence-electron chi connectivity index (χ3n) is 6.39. The highest BCUT2D eigenvalue weighted by atomic mass is 16.6. The lowest BCUT2D eigenvalue weighted by atomic mass is 9.68. The van der Waals surface area contributed by atoms with Gasteiger partial charge in [-0.25, -0.2) is 0 Å². The van der Waals surface area contributed by atoms with E-state index in [2.05, 4.69) is 24.3 Å². The Bertz CT molecular complexity index is 1080. The van der Waals surface area contributed by atoms with Crippen molar-refractivity contribution in [3.8, 4) is 0 Å². The Labute approximate surface area is 213 Å². The van der Waals surface area contributed by atoms with Gasteiger partial charge in [0.2, 0.25) is 0 Å². The first kappa shape index (κ1) is 28.0. The van der Waals surface area contributed by atoms with E-state index in [4.69, 9.17) is 0 Å². The molecule has 0 spiro atoms. The van der Waals surface area contributed by atoms with E-state index >= 15 is 0 Å². The number of hydrogen-bond acceptors (Lipinski definition) is 6. The molecule has 0 radical (unpaired) electrons. The van der Waals surface area contributed by atoms with Gasteiger partial charge in [0.05, 0.1) is 28.2 Å². The molecule has 3 aromatic rings. The molecule has 0 unspecified atom stereocenters. The van der Waals surface area contributed by atoms with Gasteiger partial charge in [-0.1, -0.05) is 72.8 Å². The van der Waals surface area contributed by atoms with Crippen LogP contribution >= 0.6 is 0 Å². The molecule has 0 atom stereocenters. The molecule has 3 aromatic carbocycles. The van der Waals surface area contributed by atoms with Crippen molar-refractivity contribution in [3.63, 3.8) is 0 Å². The maximum atomic E-state index is 9.76. The third-order valence-corrected chi connectivity index (χ3v) is 6.39. The molecular weight excluding hydrogens is 458 g/mol. The Morgan fingerprint density at radius 3 is 1.08 bits per heavy atom. The van der Waals surface area contributed by atoms with E-state index < -0.39 is 13.5 Å². The molecule has 8 nitrogen and oxygen atoms in total. The summed E-state index contributed by atoms with van der Waals surface area (Å²) >= 11 is 0. The van der Waals surface area contributed by atoms with Crippen LogP contribution in [0.3, 0.4) is 0 Å². The normalized spacial score (nSPS) is 13.2. The van der Waals surface area contributed by atoms with Gasteiger partial charge in [-0.2, -0.15) is 0 Å². The van der Waals surface area contributed by atoms with Gasteiger partial charge < -0.3 is 39.1 Å². The van der Waals surface area contributed by atoms with E-state index in [0.29, 0.717) is 46.3 Å². The maximum absolute atomic E-state index is 9.76.